The summed E-state index contributed by atoms with van der Waals surface area (Å²) in [5.74, 6) is -0.578. The molecular formula is C12H13NO3. The van der Waals surface area contributed by atoms with Crippen LogP contribution in [0.4, 0.5) is 0 Å². The highest BCUT2D eigenvalue weighted by atomic mass is 16.5. The second kappa shape index (κ2) is 4.35. The van der Waals surface area contributed by atoms with E-state index in [0.29, 0.717) is 18.6 Å². The maximum Gasteiger partial charge on any atom is 0.328 e. The van der Waals surface area contributed by atoms with E-state index in [2.05, 4.69) is 5.32 Å². The van der Waals surface area contributed by atoms with E-state index in [-0.39, 0.29) is 11.9 Å². The minimum atomic E-state index is -0.553. The molecule has 84 valence electrons. The van der Waals surface area contributed by atoms with E-state index in [4.69, 9.17) is 4.74 Å². The number of nitrogens with one attached hydrogen (secondary N) is 1. The van der Waals surface area contributed by atoms with E-state index < -0.39 is 6.04 Å². The molecule has 2 rings (SSSR count). The first-order valence-electron chi connectivity index (χ1n) is 5.27. The molecule has 4 nitrogen and oxygen atoms in total. The quantitative estimate of drug-likeness (QED) is 0.752. The first-order valence-corrected chi connectivity index (χ1v) is 5.27. The molecule has 16 heavy (non-hydrogen) atoms. The summed E-state index contributed by atoms with van der Waals surface area (Å²) < 4.78 is 4.89. The molecule has 0 spiro atoms. The normalized spacial score (nSPS) is 18.6. The molecule has 1 aliphatic rings. The average molecular weight is 219 g/mol. The van der Waals surface area contributed by atoms with Gasteiger partial charge in [-0.1, -0.05) is 18.2 Å². The Morgan fingerprint density at radius 1 is 1.50 bits per heavy atom. The molecule has 1 amide bonds. The number of benzene rings is 1. The van der Waals surface area contributed by atoms with Gasteiger partial charge in [-0.3, -0.25) is 4.79 Å². The molecule has 1 atom stereocenters. The van der Waals surface area contributed by atoms with E-state index in [9.17, 15) is 9.59 Å². The predicted octanol–water partition coefficient (Wildman–Crippen LogP) is 0.904. The van der Waals surface area contributed by atoms with Gasteiger partial charge in [0.2, 0.25) is 0 Å². The van der Waals surface area contributed by atoms with Crippen LogP contribution >= 0.6 is 0 Å². The Labute approximate surface area is 93.6 Å². The Bertz CT molecular complexity index is 428. The van der Waals surface area contributed by atoms with Crippen LogP contribution in [0.5, 0.6) is 0 Å². The number of ether oxygens (including phenoxy) is 1. The van der Waals surface area contributed by atoms with Crippen molar-refractivity contribution in [2.45, 2.75) is 19.4 Å². The maximum atomic E-state index is 11.7. The third-order valence-corrected chi connectivity index (χ3v) is 2.56. The third-order valence-electron chi connectivity index (χ3n) is 2.56. The van der Waals surface area contributed by atoms with E-state index in [0.717, 1.165) is 5.56 Å². The lowest BCUT2D eigenvalue weighted by molar-refractivity contribution is -0.145. The van der Waals surface area contributed by atoms with Crippen molar-refractivity contribution in [1.29, 1.82) is 0 Å². The largest absolute Gasteiger partial charge is 0.464 e. The van der Waals surface area contributed by atoms with Crippen LogP contribution in [0.25, 0.3) is 0 Å². The Kier molecular flexibility index (Phi) is 2.90. The molecule has 0 radical (unpaired) electrons. The molecule has 4 heteroatoms. The van der Waals surface area contributed by atoms with Gasteiger partial charge in [0.05, 0.1) is 6.61 Å². The second-order valence-corrected chi connectivity index (χ2v) is 3.64. The van der Waals surface area contributed by atoms with Gasteiger partial charge < -0.3 is 10.1 Å². The zero-order valence-corrected chi connectivity index (χ0v) is 9.03. The minimum absolute atomic E-state index is 0.208. The van der Waals surface area contributed by atoms with Gasteiger partial charge in [0.15, 0.2) is 0 Å². The highest BCUT2D eigenvalue weighted by molar-refractivity contribution is 5.99. The smallest absolute Gasteiger partial charge is 0.328 e. The van der Waals surface area contributed by atoms with Crippen LogP contribution in [0.15, 0.2) is 24.3 Å². The van der Waals surface area contributed by atoms with Crippen molar-refractivity contribution in [3.05, 3.63) is 35.4 Å². The number of fused-ring (bicyclic) bond motifs is 1. The first-order chi connectivity index (χ1) is 7.72. The fourth-order valence-corrected chi connectivity index (χ4v) is 1.81. The van der Waals surface area contributed by atoms with Crippen LogP contribution in [-0.2, 0) is 16.0 Å². The number of carbonyl (C=O) groups excluding carboxylic acids is 2. The van der Waals surface area contributed by atoms with Crippen LogP contribution in [0.3, 0.4) is 0 Å². The van der Waals surface area contributed by atoms with Gasteiger partial charge in [0.1, 0.15) is 6.04 Å². The summed E-state index contributed by atoms with van der Waals surface area (Å²) in [6.07, 6.45) is 0.501. The zero-order valence-electron chi connectivity index (χ0n) is 9.03. The molecule has 1 heterocycles. The third kappa shape index (κ3) is 1.91. The lowest BCUT2D eigenvalue weighted by Gasteiger charge is -2.23. The molecule has 1 aromatic carbocycles. The van der Waals surface area contributed by atoms with Gasteiger partial charge in [0.25, 0.3) is 5.91 Å². The van der Waals surface area contributed by atoms with E-state index in [1.165, 1.54) is 0 Å². The SMILES string of the molecule is CCOC(=O)[C@H]1Cc2ccccc2C(=O)N1. The van der Waals surface area contributed by atoms with E-state index in [1.807, 2.05) is 18.2 Å². The van der Waals surface area contributed by atoms with Gasteiger partial charge in [-0.05, 0) is 18.6 Å². The van der Waals surface area contributed by atoms with E-state index >= 15 is 0 Å². The van der Waals surface area contributed by atoms with Crippen molar-refractivity contribution < 1.29 is 14.3 Å². The highest BCUT2D eigenvalue weighted by Crippen LogP contribution is 2.16. The number of esters is 1. The van der Waals surface area contributed by atoms with Crippen LogP contribution in [0.2, 0.25) is 0 Å². The molecular weight excluding hydrogens is 206 g/mol. The summed E-state index contributed by atoms with van der Waals surface area (Å²) in [5.41, 5.74) is 1.53. The lowest BCUT2D eigenvalue weighted by Crippen LogP contribution is -2.47. The fourth-order valence-electron chi connectivity index (χ4n) is 1.81. The highest BCUT2D eigenvalue weighted by Gasteiger charge is 2.29. The van der Waals surface area contributed by atoms with Crippen LogP contribution < -0.4 is 5.32 Å². The Morgan fingerprint density at radius 3 is 3.00 bits per heavy atom. The number of amides is 1. The van der Waals surface area contributed by atoms with Crippen molar-refractivity contribution in [1.82, 2.24) is 5.32 Å². The van der Waals surface area contributed by atoms with Crippen molar-refractivity contribution in [2.75, 3.05) is 6.61 Å². The first kappa shape index (κ1) is 10.7. The zero-order chi connectivity index (χ0) is 11.5. The summed E-state index contributed by atoms with van der Waals surface area (Å²) in [6.45, 7) is 2.07. The number of rotatable bonds is 2. The van der Waals surface area contributed by atoms with Gasteiger partial charge >= 0.3 is 5.97 Å². The fraction of sp³-hybridized carbons (Fsp3) is 0.333. The molecule has 1 aromatic rings. The monoisotopic (exact) mass is 219 g/mol. The van der Waals surface area contributed by atoms with Crippen molar-refractivity contribution in [3.8, 4) is 0 Å². The van der Waals surface area contributed by atoms with Crippen molar-refractivity contribution in [3.63, 3.8) is 0 Å². The molecule has 0 bridgehead atoms. The van der Waals surface area contributed by atoms with Gasteiger partial charge in [-0.2, -0.15) is 0 Å². The second-order valence-electron chi connectivity index (χ2n) is 3.64. The molecule has 0 saturated heterocycles. The summed E-state index contributed by atoms with van der Waals surface area (Å²) in [5, 5.41) is 2.64. The van der Waals surface area contributed by atoms with Gasteiger partial charge in [-0.25, -0.2) is 4.79 Å². The summed E-state index contributed by atoms with van der Waals surface area (Å²) in [4.78, 5) is 23.2. The van der Waals surface area contributed by atoms with Crippen molar-refractivity contribution in [2.24, 2.45) is 0 Å². The standard InChI is InChI=1S/C12H13NO3/c1-2-16-12(15)10-7-8-5-3-4-6-9(8)11(14)13-10/h3-6,10H,2,7H2,1H3,(H,13,14)/t10-/m1/s1. The van der Waals surface area contributed by atoms with Crippen LogP contribution in [-0.4, -0.2) is 24.5 Å². The summed E-state index contributed by atoms with van der Waals surface area (Å²) in [6, 6.07) is 6.73. The molecule has 0 aromatic heterocycles. The van der Waals surface area contributed by atoms with E-state index in [1.54, 1.807) is 13.0 Å². The van der Waals surface area contributed by atoms with Crippen LogP contribution in [0, 0.1) is 0 Å². The summed E-state index contributed by atoms with van der Waals surface area (Å²) in [7, 11) is 0. The average Bonchev–Trinajstić information content (AvgIpc) is 2.29. The molecule has 0 fully saturated rings. The van der Waals surface area contributed by atoms with Gasteiger partial charge in [-0.15, -0.1) is 0 Å². The van der Waals surface area contributed by atoms with Crippen molar-refractivity contribution >= 4 is 11.9 Å². The predicted molar refractivity (Wildman–Crippen MR) is 58.0 cm³/mol. The molecule has 1 aliphatic heterocycles. The molecule has 0 unspecified atom stereocenters. The number of hydrogen-bond donors (Lipinski definition) is 1. The Morgan fingerprint density at radius 2 is 2.25 bits per heavy atom. The lowest BCUT2D eigenvalue weighted by atomic mass is 9.95. The Balaban J connectivity index is 2.21. The molecule has 0 saturated carbocycles. The molecule has 1 N–H and O–H groups in total. The molecule has 0 aliphatic carbocycles. The maximum absolute atomic E-state index is 11.7. The summed E-state index contributed by atoms with van der Waals surface area (Å²) >= 11 is 0. The van der Waals surface area contributed by atoms with Gasteiger partial charge in [0, 0.05) is 12.0 Å². The topological polar surface area (TPSA) is 55.4 Å². The number of hydrogen-bond acceptors (Lipinski definition) is 3. The van der Waals surface area contributed by atoms with Crippen LogP contribution in [0.1, 0.15) is 22.8 Å². The number of carbonyl (C=O) groups is 2. The Hall–Kier alpha value is -1.84. The minimum Gasteiger partial charge on any atom is -0.464 e.